The second-order valence-corrected chi connectivity index (χ2v) is 8.80. The molecule has 0 unspecified atom stereocenters. The van der Waals surface area contributed by atoms with Gasteiger partial charge in [0.1, 0.15) is 0 Å². The standard InChI is InChI=1S/C17H15Cl2N3O5S/c18-12-5-6-13(14(19)11-12)17(23)20-7-9-21(10-8-20)28(26,27)16-4-2-1-3-15(16)22(24)25/h1-6,11H,7-10H2. The molecule has 0 N–H and O–H groups in total. The Morgan fingerprint density at radius 1 is 1.04 bits per heavy atom. The number of rotatable bonds is 4. The highest BCUT2D eigenvalue weighted by molar-refractivity contribution is 7.89. The van der Waals surface area contributed by atoms with Gasteiger partial charge in [-0.3, -0.25) is 14.9 Å². The van der Waals surface area contributed by atoms with Crippen LogP contribution in [0.15, 0.2) is 47.4 Å². The van der Waals surface area contributed by atoms with Crippen LogP contribution in [0, 0.1) is 10.1 Å². The van der Waals surface area contributed by atoms with Crippen LogP contribution in [0.1, 0.15) is 10.4 Å². The zero-order valence-electron chi connectivity index (χ0n) is 14.4. The first kappa shape index (κ1) is 20.5. The Hall–Kier alpha value is -2.20. The maximum atomic E-state index is 12.8. The van der Waals surface area contributed by atoms with E-state index in [-0.39, 0.29) is 47.6 Å². The molecule has 1 aliphatic rings. The summed E-state index contributed by atoms with van der Waals surface area (Å²) in [6.07, 6.45) is 0. The molecule has 0 aromatic heterocycles. The Labute approximate surface area is 171 Å². The lowest BCUT2D eigenvalue weighted by Crippen LogP contribution is -2.50. The van der Waals surface area contributed by atoms with Gasteiger partial charge in [0, 0.05) is 37.3 Å². The number of halogens is 2. The van der Waals surface area contributed by atoms with Crippen molar-refractivity contribution < 1.29 is 18.1 Å². The maximum absolute atomic E-state index is 12.8. The van der Waals surface area contributed by atoms with Crippen LogP contribution in [-0.2, 0) is 10.0 Å². The van der Waals surface area contributed by atoms with Crippen molar-refractivity contribution in [2.24, 2.45) is 0 Å². The zero-order chi connectivity index (χ0) is 20.5. The summed E-state index contributed by atoms with van der Waals surface area (Å²) in [5, 5.41) is 11.8. The fourth-order valence-corrected chi connectivity index (χ4v) is 5.00. The number of sulfonamides is 1. The van der Waals surface area contributed by atoms with E-state index in [1.165, 1.54) is 35.2 Å². The number of carbonyl (C=O) groups is 1. The molecule has 0 spiro atoms. The zero-order valence-corrected chi connectivity index (χ0v) is 16.7. The Morgan fingerprint density at radius 3 is 2.29 bits per heavy atom. The summed E-state index contributed by atoms with van der Waals surface area (Å²) in [5.74, 6) is -0.329. The molecule has 2 aromatic carbocycles. The summed E-state index contributed by atoms with van der Waals surface area (Å²) in [6, 6.07) is 9.73. The molecule has 1 heterocycles. The van der Waals surface area contributed by atoms with Crippen LogP contribution in [0.2, 0.25) is 10.0 Å². The van der Waals surface area contributed by atoms with E-state index >= 15 is 0 Å². The molecule has 8 nitrogen and oxygen atoms in total. The van der Waals surface area contributed by atoms with E-state index in [1.54, 1.807) is 6.07 Å². The van der Waals surface area contributed by atoms with Gasteiger partial charge in [-0.1, -0.05) is 35.3 Å². The molecule has 1 saturated heterocycles. The third-order valence-electron chi connectivity index (χ3n) is 4.37. The number of nitro groups is 1. The number of piperazine rings is 1. The second kappa shape index (κ2) is 8.04. The van der Waals surface area contributed by atoms with Gasteiger partial charge >= 0.3 is 0 Å². The van der Waals surface area contributed by atoms with Gasteiger partial charge in [0.05, 0.1) is 15.5 Å². The molecule has 0 radical (unpaired) electrons. The van der Waals surface area contributed by atoms with E-state index in [9.17, 15) is 23.3 Å². The average Bonchev–Trinajstić information content (AvgIpc) is 2.67. The number of hydrogen-bond acceptors (Lipinski definition) is 5. The molecule has 0 bridgehead atoms. The molecular weight excluding hydrogens is 429 g/mol. The summed E-state index contributed by atoms with van der Waals surface area (Å²) in [7, 11) is -4.06. The first-order valence-corrected chi connectivity index (χ1v) is 10.4. The van der Waals surface area contributed by atoms with Crippen LogP contribution in [0.25, 0.3) is 0 Å². The Bertz CT molecular complexity index is 1040. The Morgan fingerprint density at radius 2 is 1.68 bits per heavy atom. The van der Waals surface area contributed by atoms with Gasteiger partial charge in [0.25, 0.3) is 11.6 Å². The van der Waals surface area contributed by atoms with Crippen LogP contribution in [0.5, 0.6) is 0 Å². The van der Waals surface area contributed by atoms with Gasteiger partial charge < -0.3 is 4.90 Å². The summed E-state index contributed by atoms with van der Waals surface area (Å²) in [4.78, 5) is 24.2. The predicted molar refractivity (Wildman–Crippen MR) is 104 cm³/mol. The number of amides is 1. The van der Waals surface area contributed by atoms with Crippen molar-refractivity contribution in [1.29, 1.82) is 0 Å². The van der Waals surface area contributed by atoms with Crippen LogP contribution in [0.4, 0.5) is 5.69 Å². The summed E-state index contributed by atoms with van der Waals surface area (Å²) < 4.78 is 26.8. The van der Waals surface area contributed by atoms with Crippen molar-refractivity contribution in [3.63, 3.8) is 0 Å². The topological polar surface area (TPSA) is 101 Å². The number of benzene rings is 2. The van der Waals surface area contributed by atoms with Crippen molar-refractivity contribution in [3.05, 3.63) is 68.2 Å². The number of para-hydroxylation sites is 1. The lowest BCUT2D eigenvalue weighted by Gasteiger charge is -2.34. The van der Waals surface area contributed by atoms with Crippen molar-refractivity contribution in [2.75, 3.05) is 26.2 Å². The lowest BCUT2D eigenvalue weighted by molar-refractivity contribution is -0.387. The molecule has 1 aliphatic heterocycles. The number of hydrogen-bond donors (Lipinski definition) is 0. The van der Waals surface area contributed by atoms with E-state index in [2.05, 4.69) is 0 Å². The highest BCUT2D eigenvalue weighted by Crippen LogP contribution is 2.28. The predicted octanol–water partition coefficient (Wildman–Crippen LogP) is 3.05. The summed E-state index contributed by atoms with van der Waals surface area (Å²) in [6.45, 7) is 0.311. The quantitative estimate of drug-likeness (QED) is 0.533. The Kier molecular flexibility index (Phi) is 5.90. The van der Waals surface area contributed by atoms with E-state index in [1.807, 2.05) is 0 Å². The number of nitro benzene ring substituents is 1. The summed E-state index contributed by atoms with van der Waals surface area (Å²) in [5.41, 5.74) is -0.199. The number of nitrogens with zero attached hydrogens (tertiary/aromatic N) is 3. The lowest BCUT2D eigenvalue weighted by atomic mass is 10.2. The monoisotopic (exact) mass is 443 g/mol. The smallest absolute Gasteiger partial charge is 0.289 e. The van der Waals surface area contributed by atoms with Crippen molar-refractivity contribution >= 4 is 44.8 Å². The molecule has 28 heavy (non-hydrogen) atoms. The van der Waals surface area contributed by atoms with Gasteiger partial charge in [-0.05, 0) is 24.3 Å². The molecule has 0 saturated carbocycles. The van der Waals surface area contributed by atoms with Crippen LogP contribution in [-0.4, -0.2) is 54.6 Å². The molecule has 3 rings (SSSR count). The van der Waals surface area contributed by atoms with Crippen molar-refractivity contribution in [3.8, 4) is 0 Å². The molecule has 1 fully saturated rings. The highest BCUT2D eigenvalue weighted by atomic mass is 35.5. The third-order valence-corrected chi connectivity index (χ3v) is 6.86. The molecular formula is C17H15Cl2N3O5S. The minimum atomic E-state index is -4.06. The maximum Gasteiger partial charge on any atom is 0.289 e. The molecule has 0 aliphatic carbocycles. The van der Waals surface area contributed by atoms with Crippen molar-refractivity contribution in [1.82, 2.24) is 9.21 Å². The SMILES string of the molecule is O=C(c1ccc(Cl)cc1Cl)N1CCN(S(=O)(=O)c2ccccc2[N+](=O)[O-])CC1. The van der Waals surface area contributed by atoms with E-state index in [4.69, 9.17) is 23.2 Å². The largest absolute Gasteiger partial charge is 0.336 e. The van der Waals surface area contributed by atoms with E-state index in [0.29, 0.717) is 5.02 Å². The van der Waals surface area contributed by atoms with Gasteiger partial charge in [0.15, 0.2) is 4.90 Å². The van der Waals surface area contributed by atoms with Gasteiger partial charge in [0.2, 0.25) is 10.0 Å². The minimum absolute atomic E-state index is 0.0192. The van der Waals surface area contributed by atoms with Crippen LogP contribution >= 0.6 is 23.2 Å². The molecule has 11 heteroatoms. The van der Waals surface area contributed by atoms with Crippen LogP contribution in [0.3, 0.4) is 0 Å². The molecule has 2 aromatic rings. The molecule has 148 valence electrons. The van der Waals surface area contributed by atoms with E-state index in [0.717, 1.165) is 10.4 Å². The Balaban J connectivity index is 1.76. The average molecular weight is 444 g/mol. The van der Waals surface area contributed by atoms with Gasteiger partial charge in [-0.25, -0.2) is 8.42 Å². The molecule has 0 atom stereocenters. The first-order valence-electron chi connectivity index (χ1n) is 8.19. The summed E-state index contributed by atoms with van der Waals surface area (Å²) >= 11 is 11.9. The van der Waals surface area contributed by atoms with Crippen LogP contribution < -0.4 is 0 Å². The second-order valence-electron chi connectivity index (χ2n) is 6.05. The fraction of sp³-hybridized carbons (Fsp3) is 0.235. The number of carbonyl (C=O) groups excluding carboxylic acids is 1. The van der Waals surface area contributed by atoms with E-state index < -0.39 is 20.6 Å². The van der Waals surface area contributed by atoms with Gasteiger partial charge in [-0.15, -0.1) is 0 Å². The van der Waals surface area contributed by atoms with Crippen molar-refractivity contribution in [2.45, 2.75) is 4.90 Å². The first-order chi connectivity index (χ1) is 13.2. The third kappa shape index (κ3) is 3.97. The minimum Gasteiger partial charge on any atom is -0.336 e. The highest BCUT2D eigenvalue weighted by Gasteiger charge is 2.34. The molecule has 1 amide bonds. The normalized spacial score (nSPS) is 15.4. The fourth-order valence-electron chi connectivity index (χ4n) is 2.93. The van der Waals surface area contributed by atoms with Gasteiger partial charge in [-0.2, -0.15) is 4.31 Å².